The molecular formula is C25H46N6O9. The highest BCUT2D eigenvalue weighted by atomic mass is 16.7. The molecule has 0 aromatic heterocycles. The predicted octanol–water partition coefficient (Wildman–Crippen LogP) is -4.80. The molecule has 4 aliphatic rings. The molecule has 1 saturated carbocycles. The van der Waals surface area contributed by atoms with Gasteiger partial charge in [0.2, 0.25) is 6.29 Å². The van der Waals surface area contributed by atoms with Gasteiger partial charge in [-0.15, -0.1) is 0 Å². The molecule has 15 heteroatoms. The standard InChI is InChI=1S/C25H46N6O9/c1-22(35)11-37-21(16(33)18(22)30-3)40-23(2)19(34)17(39-20-13(27)5-4-12(8-26)38-20)14(28)6-25(23,29)15(32)7-24(36)9-31-10-24/h4,13-14,16-21,30-31,33-36H,5-11,26-29H2,1-3H3/t13-,14+,16-,17-,18-,19+,20-,21-,22+,23-,25+/m1/s1. The molecule has 14 N–H and O–H groups in total. The van der Waals surface area contributed by atoms with Crippen molar-refractivity contribution in [2.45, 2.75) is 104 Å². The van der Waals surface area contributed by atoms with Crippen LogP contribution in [0, 0.1) is 0 Å². The van der Waals surface area contributed by atoms with Crippen LogP contribution in [0.4, 0.5) is 0 Å². The fourth-order valence-electron chi connectivity index (χ4n) is 6.11. The molecular weight excluding hydrogens is 528 g/mol. The minimum absolute atomic E-state index is 0.123. The molecule has 15 nitrogen and oxygen atoms in total. The monoisotopic (exact) mass is 574 g/mol. The van der Waals surface area contributed by atoms with Crippen LogP contribution in [-0.2, 0) is 23.7 Å². The topological polar surface area (TPSA) is 263 Å². The largest absolute Gasteiger partial charge is 0.467 e. The number of hydrogen-bond acceptors (Lipinski definition) is 15. The normalized spacial score (nSPS) is 47.1. The number of nitrogens with one attached hydrogen (secondary N) is 2. The second kappa shape index (κ2) is 11.4. The smallest absolute Gasteiger partial charge is 0.215 e. The fraction of sp³-hybridized carbons (Fsp3) is 0.880. The summed E-state index contributed by atoms with van der Waals surface area (Å²) in [7, 11) is 1.56. The van der Waals surface area contributed by atoms with E-state index in [1.165, 1.54) is 13.8 Å². The molecule has 0 aromatic rings. The van der Waals surface area contributed by atoms with Crippen molar-refractivity contribution in [3.8, 4) is 0 Å². The highest BCUT2D eigenvalue weighted by Gasteiger charge is 2.66. The van der Waals surface area contributed by atoms with Gasteiger partial charge in [0, 0.05) is 25.6 Å². The summed E-state index contributed by atoms with van der Waals surface area (Å²) < 4.78 is 23.8. The van der Waals surface area contributed by atoms with Crippen molar-refractivity contribution in [3.63, 3.8) is 0 Å². The Balaban J connectivity index is 1.66. The van der Waals surface area contributed by atoms with Gasteiger partial charge in [-0.3, -0.25) is 4.79 Å². The first-order valence-corrected chi connectivity index (χ1v) is 13.6. The Morgan fingerprint density at radius 2 is 1.88 bits per heavy atom. The van der Waals surface area contributed by atoms with Crippen LogP contribution >= 0.6 is 0 Å². The number of carbonyl (C=O) groups is 1. The number of Topliss-reactive ketones (excluding diaryl/α,β-unsaturated/α-hetero) is 1. The third-order valence-electron chi connectivity index (χ3n) is 8.87. The van der Waals surface area contributed by atoms with E-state index in [4.69, 9.17) is 41.9 Å². The second-order valence-electron chi connectivity index (χ2n) is 12.1. The number of aliphatic hydroxyl groups excluding tert-OH is 2. The van der Waals surface area contributed by atoms with Crippen LogP contribution in [0.15, 0.2) is 11.8 Å². The van der Waals surface area contributed by atoms with Crippen molar-refractivity contribution in [2.75, 3.05) is 33.3 Å². The lowest BCUT2D eigenvalue weighted by molar-refractivity contribution is -0.335. The molecule has 0 radical (unpaired) electrons. The van der Waals surface area contributed by atoms with Crippen LogP contribution < -0.4 is 33.6 Å². The SMILES string of the molecule is CN[C@@H]1[C@@H](O)[C@@H](O[C@]2(C)[C@@H](O)[C@H](O[C@H]3OC(CN)=CC[C@H]3N)[C@@H](N)C[C@]2(N)C(=O)CC2(O)CNC2)OC[C@]1(C)O. The first-order chi connectivity index (χ1) is 18.6. The average molecular weight is 575 g/mol. The van der Waals surface area contributed by atoms with Crippen molar-refractivity contribution in [3.05, 3.63) is 11.8 Å². The minimum Gasteiger partial charge on any atom is -0.467 e. The molecule has 4 rings (SSSR count). The first-order valence-electron chi connectivity index (χ1n) is 13.6. The van der Waals surface area contributed by atoms with E-state index in [0.717, 1.165) is 0 Å². The molecule has 230 valence electrons. The highest BCUT2D eigenvalue weighted by Crippen LogP contribution is 2.44. The number of ether oxygens (including phenoxy) is 4. The van der Waals surface area contributed by atoms with Crippen LogP contribution in [0.1, 0.15) is 33.1 Å². The van der Waals surface area contributed by atoms with Gasteiger partial charge in [-0.05, 0) is 39.8 Å². The summed E-state index contributed by atoms with van der Waals surface area (Å²) in [5.74, 6) is -0.118. The number of nitrogens with two attached hydrogens (primary N) is 4. The Morgan fingerprint density at radius 1 is 1.20 bits per heavy atom. The summed E-state index contributed by atoms with van der Waals surface area (Å²) >= 11 is 0. The summed E-state index contributed by atoms with van der Waals surface area (Å²) in [5, 5.41) is 50.1. The number of carbonyl (C=O) groups excluding carboxylic acids is 1. The number of likely N-dealkylation sites (N-methyl/N-ethyl adjacent to an activating group) is 1. The summed E-state index contributed by atoms with van der Waals surface area (Å²) in [5.41, 5.74) is 18.6. The third kappa shape index (κ3) is 5.56. The molecule has 0 bridgehead atoms. The molecule has 0 aromatic carbocycles. The van der Waals surface area contributed by atoms with E-state index in [1.807, 2.05) is 0 Å². The van der Waals surface area contributed by atoms with E-state index in [0.29, 0.717) is 12.2 Å². The summed E-state index contributed by atoms with van der Waals surface area (Å²) in [6.45, 7) is 3.22. The molecule has 40 heavy (non-hydrogen) atoms. The van der Waals surface area contributed by atoms with E-state index in [-0.39, 0.29) is 39.1 Å². The van der Waals surface area contributed by atoms with Gasteiger partial charge in [-0.2, -0.15) is 0 Å². The lowest BCUT2D eigenvalue weighted by Crippen LogP contribution is -2.81. The Labute approximate surface area is 233 Å². The molecule has 1 aliphatic carbocycles. The van der Waals surface area contributed by atoms with Crippen molar-refractivity contribution < 1.29 is 44.2 Å². The second-order valence-corrected chi connectivity index (χ2v) is 12.1. The van der Waals surface area contributed by atoms with E-state index >= 15 is 0 Å². The molecule has 0 amide bonds. The van der Waals surface area contributed by atoms with Gasteiger partial charge in [0.1, 0.15) is 40.8 Å². The number of hydrogen-bond donors (Lipinski definition) is 10. The molecule has 2 saturated heterocycles. The van der Waals surface area contributed by atoms with E-state index in [9.17, 15) is 25.2 Å². The molecule has 0 unspecified atom stereocenters. The minimum atomic E-state index is -1.95. The average Bonchev–Trinajstić information content (AvgIpc) is 2.87. The lowest BCUT2D eigenvalue weighted by atomic mass is 9.62. The van der Waals surface area contributed by atoms with Crippen molar-refractivity contribution in [2.24, 2.45) is 22.9 Å². The van der Waals surface area contributed by atoms with Crippen molar-refractivity contribution in [1.82, 2.24) is 10.6 Å². The van der Waals surface area contributed by atoms with Crippen LogP contribution in [0.2, 0.25) is 0 Å². The zero-order valence-electron chi connectivity index (χ0n) is 23.3. The van der Waals surface area contributed by atoms with E-state index in [1.54, 1.807) is 13.1 Å². The quantitative estimate of drug-likeness (QED) is 0.124. The summed E-state index contributed by atoms with van der Waals surface area (Å²) in [4.78, 5) is 13.8. The highest BCUT2D eigenvalue weighted by molar-refractivity contribution is 5.91. The molecule has 3 fully saturated rings. The fourth-order valence-corrected chi connectivity index (χ4v) is 6.11. The molecule has 11 atom stereocenters. The number of aliphatic hydroxyl groups is 4. The Hall–Kier alpha value is -1.31. The van der Waals surface area contributed by atoms with Gasteiger partial charge < -0.3 is 72.9 Å². The van der Waals surface area contributed by atoms with Crippen LogP contribution in [0.5, 0.6) is 0 Å². The van der Waals surface area contributed by atoms with Crippen LogP contribution in [-0.4, -0.2) is 131 Å². The molecule has 0 spiro atoms. The Bertz CT molecular complexity index is 967. The third-order valence-corrected chi connectivity index (χ3v) is 8.87. The van der Waals surface area contributed by atoms with Gasteiger partial charge in [0.25, 0.3) is 0 Å². The zero-order valence-corrected chi connectivity index (χ0v) is 23.3. The number of ketones is 1. The maximum Gasteiger partial charge on any atom is 0.215 e. The zero-order chi connectivity index (χ0) is 29.7. The Morgan fingerprint density at radius 3 is 2.45 bits per heavy atom. The van der Waals surface area contributed by atoms with E-state index in [2.05, 4.69) is 10.6 Å². The van der Waals surface area contributed by atoms with Crippen molar-refractivity contribution in [1.29, 1.82) is 0 Å². The van der Waals surface area contributed by atoms with Crippen LogP contribution in [0.25, 0.3) is 0 Å². The van der Waals surface area contributed by atoms with E-state index < -0.39 is 77.1 Å². The van der Waals surface area contributed by atoms with Gasteiger partial charge in [-0.1, -0.05) is 0 Å². The van der Waals surface area contributed by atoms with Crippen molar-refractivity contribution >= 4 is 5.78 Å². The van der Waals surface area contributed by atoms with Gasteiger partial charge in [0.05, 0.1) is 30.8 Å². The Kier molecular flexibility index (Phi) is 9.02. The van der Waals surface area contributed by atoms with Crippen LogP contribution in [0.3, 0.4) is 0 Å². The molecule has 3 heterocycles. The van der Waals surface area contributed by atoms with Gasteiger partial charge in [0.15, 0.2) is 12.1 Å². The molecule has 3 aliphatic heterocycles. The predicted molar refractivity (Wildman–Crippen MR) is 141 cm³/mol. The van der Waals surface area contributed by atoms with Gasteiger partial charge >= 0.3 is 0 Å². The summed E-state index contributed by atoms with van der Waals surface area (Å²) in [6, 6.07) is -2.43. The first kappa shape index (κ1) is 31.6. The summed E-state index contributed by atoms with van der Waals surface area (Å²) in [6.07, 6.45) is -4.98. The number of rotatable bonds is 9. The van der Waals surface area contributed by atoms with Gasteiger partial charge in [-0.25, -0.2) is 0 Å². The lowest BCUT2D eigenvalue weighted by Gasteiger charge is -2.57. The maximum absolute atomic E-state index is 13.8. The maximum atomic E-state index is 13.8. The number of β-amino-alcohol motifs (C(OH)–C–C–N with tert-alkyl or cyclic N) is 1.